The van der Waals surface area contributed by atoms with Crippen LogP contribution >= 0.6 is 0 Å². The summed E-state index contributed by atoms with van der Waals surface area (Å²) in [6, 6.07) is 9.85. The minimum atomic E-state index is 0.0514. The zero-order valence-corrected chi connectivity index (χ0v) is 16.4. The average molecular weight is 358 g/mol. The lowest BCUT2D eigenvalue weighted by Crippen LogP contribution is -2.45. The predicted octanol–water partition coefficient (Wildman–Crippen LogP) is 3.46. The summed E-state index contributed by atoms with van der Waals surface area (Å²) in [6.45, 7) is 10.4. The molecule has 0 spiro atoms. The lowest BCUT2D eigenvalue weighted by Gasteiger charge is -2.30. The van der Waals surface area contributed by atoms with Crippen molar-refractivity contribution in [3.63, 3.8) is 0 Å². The van der Waals surface area contributed by atoms with Crippen molar-refractivity contribution in [2.24, 2.45) is 10.4 Å². The van der Waals surface area contributed by atoms with E-state index in [9.17, 15) is 0 Å². The van der Waals surface area contributed by atoms with Gasteiger partial charge in [-0.3, -0.25) is 0 Å². The van der Waals surface area contributed by atoms with E-state index in [2.05, 4.69) is 41.4 Å². The molecule has 1 heterocycles. The minimum Gasteiger partial charge on any atom is -0.444 e. The van der Waals surface area contributed by atoms with Gasteiger partial charge in [-0.05, 0) is 24.5 Å². The van der Waals surface area contributed by atoms with E-state index in [1.165, 1.54) is 0 Å². The van der Waals surface area contributed by atoms with Gasteiger partial charge in [-0.25, -0.2) is 9.98 Å². The van der Waals surface area contributed by atoms with Crippen molar-refractivity contribution in [3.8, 4) is 11.5 Å². The van der Waals surface area contributed by atoms with Crippen LogP contribution in [-0.2, 0) is 11.3 Å². The molecule has 2 aromatic rings. The zero-order chi connectivity index (χ0) is 19.0. The largest absolute Gasteiger partial charge is 0.444 e. The maximum atomic E-state index is 5.59. The van der Waals surface area contributed by atoms with Gasteiger partial charge in [0.05, 0.1) is 12.6 Å². The lowest BCUT2D eigenvalue weighted by atomic mass is 9.89. The van der Waals surface area contributed by atoms with Crippen molar-refractivity contribution in [3.05, 3.63) is 42.3 Å². The van der Waals surface area contributed by atoms with Crippen LogP contribution in [0.4, 0.5) is 0 Å². The van der Waals surface area contributed by atoms with Crippen LogP contribution in [0.5, 0.6) is 0 Å². The number of nitrogens with zero attached hydrogens (tertiary/aromatic N) is 2. The Balaban J connectivity index is 1.99. The second kappa shape index (κ2) is 9.38. The van der Waals surface area contributed by atoms with Gasteiger partial charge in [0.25, 0.3) is 0 Å². The second-order valence-corrected chi connectivity index (χ2v) is 7.18. The SMILES string of the molecule is CCNC(=NCc1coc(-c2ccccc2)n1)NCC(OC)C(C)(C)C. The molecule has 0 aliphatic carbocycles. The quantitative estimate of drug-likeness (QED) is 0.586. The number of aromatic nitrogens is 1. The second-order valence-electron chi connectivity index (χ2n) is 7.18. The summed E-state index contributed by atoms with van der Waals surface area (Å²) in [6.07, 6.45) is 1.74. The third kappa shape index (κ3) is 5.88. The monoisotopic (exact) mass is 358 g/mol. The number of hydrogen-bond acceptors (Lipinski definition) is 4. The zero-order valence-electron chi connectivity index (χ0n) is 16.4. The molecular weight excluding hydrogens is 328 g/mol. The van der Waals surface area contributed by atoms with E-state index in [1.54, 1.807) is 13.4 Å². The number of nitrogens with one attached hydrogen (secondary N) is 2. The standard InChI is InChI=1S/C20H30N4O2/c1-6-21-19(23-13-17(25-5)20(2,3)4)22-12-16-14-26-18(24-16)15-10-8-7-9-11-15/h7-11,14,17H,6,12-13H2,1-5H3,(H2,21,22,23). The Kier molecular flexibility index (Phi) is 7.21. The Morgan fingerprint density at radius 1 is 1.23 bits per heavy atom. The first-order valence-electron chi connectivity index (χ1n) is 8.98. The fourth-order valence-corrected chi connectivity index (χ4v) is 2.53. The summed E-state index contributed by atoms with van der Waals surface area (Å²) >= 11 is 0. The Morgan fingerprint density at radius 3 is 2.58 bits per heavy atom. The highest BCUT2D eigenvalue weighted by Gasteiger charge is 2.24. The Bertz CT molecular complexity index is 689. The molecule has 0 saturated carbocycles. The van der Waals surface area contributed by atoms with Crippen LogP contribution in [0.3, 0.4) is 0 Å². The van der Waals surface area contributed by atoms with Crippen molar-refractivity contribution in [1.82, 2.24) is 15.6 Å². The number of ether oxygens (including phenoxy) is 1. The summed E-state index contributed by atoms with van der Waals surface area (Å²) in [4.78, 5) is 9.10. The predicted molar refractivity (Wildman–Crippen MR) is 105 cm³/mol. The molecule has 0 saturated heterocycles. The minimum absolute atomic E-state index is 0.0514. The number of aliphatic imine (C=N–C) groups is 1. The van der Waals surface area contributed by atoms with Crippen LogP contribution in [0.1, 0.15) is 33.4 Å². The van der Waals surface area contributed by atoms with Crippen LogP contribution < -0.4 is 10.6 Å². The normalized spacial score (nSPS) is 13.5. The molecule has 0 fully saturated rings. The first kappa shape index (κ1) is 20.0. The molecule has 1 unspecified atom stereocenters. The van der Waals surface area contributed by atoms with E-state index in [0.717, 1.165) is 23.8 Å². The van der Waals surface area contributed by atoms with E-state index >= 15 is 0 Å². The summed E-state index contributed by atoms with van der Waals surface area (Å²) in [7, 11) is 1.74. The molecule has 0 aliphatic heterocycles. The molecule has 1 atom stereocenters. The Hall–Kier alpha value is -2.34. The van der Waals surface area contributed by atoms with Gasteiger partial charge in [0.15, 0.2) is 5.96 Å². The number of rotatable bonds is 7. The summed E-state index contributed by atoms with van der Waals surface area (Å²) in [5.74, 6) is 1.35. The lowest BCUT2D eigenvalue weighted by molar-refractivity contribution is 0.0205. The molecule has 26 heavy (non-hydrogen) atoms. The van der Waals surface area contributed by atoms with Gasteiger partial charge in [-0.2, -0.15) is 0 Å². The third-order valence-electron chi connectivity index (χ3n) is 4.02. The van der Waals surface area contributed by atoms with E-state index in [4.69, 9.17) is 9.15 Å². The fourth-order valence-electron chi connectivity index (χ4n) is 2.53. The highest BCUT2D eigenvalue weighted by Crippen LogP contribution is 2.21. The number of hydrogen-bond donors (Lipinski definition) is 2. The van der Waals surface area contributed by atoms with Crippen molar-refractivity contribution in [1.29, 1.82) is 0 Å². The summed E-state index contributed by atoms with van der Waals surface area (Å²) < 4.78 is 11.1. The highest BCUT2D eigenvalue weighted by atomic mass is 16.5. The molecule has 1 aromatic carbocycles. The molecule has 2 rings (SSSR count). The van der Waals surface area contributed by atoms with Crippen molar-refractivity contribution >= 4 is 5.96 Å². The van der Waals surface area contributed by atoms with E-state index in [-0.39, 0.29) is 11.5 Å². The number of guanidine groups is 1. The Morgan fingerprint density at radius 2 is 1.96 bits per heavy atom. The molecule has 1 aromatic heterocycles. The van der Waals surface area contributed by atoms with Crippen LogP contribution in [0.2, 0.25) is 0 Å². The summed E-state index contributed by atoms with van der Waals surface area (Å²) in [5, 5.41) is 6.59. The molecule has 6 heteroatoms. The molecule has 142 valence electrons. The van der Waals surface area contributed by atoms with Crippen molar-refractivity contribution in [2.75, 3.05) is 20.2 Å². The van der Waals surface area contributed by atoms with Crippen LogP contribution in [0.25, 0.3) is 11.5 Å². The smallest absolute Gasteiger partial charge is 0.226 e. The van der Waals surface area contributed by atoms with E-state index in [1.807, 2.05) is 37.3 Å². The molecule has 0 radical (unpaired) electrons. The topological polar surface area (TPSA) is 71.7 Å². The maximum absolute atomic E-state index is 5.59. The molecule has 0 bridgehead atoms. The van der Waals surface area contributed by atoms with E-state index in [0.29, 0.717) is 19.0 Å². The van der Waals surface area contributed by atoms with Gasteiger partial charge >= 0.3 is 0 Å². The molecule has 0 amide bonds. The number of methoxy groups -OCH3 is 1. The van der Waals surface area contributed by atoms with Crippen molar-refractivity contribution < 1.29 is 9.15 Å². The van der Waals surface area contributed by atoms with Gasteiger partial charge in [0, 0.05) is 25.8 Å². The van der Waals surface area contributed by atoms with Crippen LogP contribution in [-0.4, -0.2) is 37.2 Å². The fraction of sp³-hybridized carbons (Fsp3) is 0.500. The highest BCUT2D eigenvalue weighted by molar-refractivity contribution is 5.79. The number of oxazole rings is 1. The maximum Gasteiger partial charge on any atom is 0.226 e. The van der Waals surface area contributed by atoms with Crippen LogP contribution in [0.15, 0.2) is 46.0 Å². The first-order chi connectivity index (χ1) is 12.4. The number of benzene rings is 1. The third-order valence-corrected chi connectivity index (χ3v) is 4.02. The van der Waals surface area contributed by atoms with Gasteiger partial charge < -0.3 is 19.8 Å². The van der Waals surface area contributed by atoms with Gasteiger partial charge in [0.2, 0.25) is 5.89 Å². The van der Waals surface area contributed by atoms with Crippen LogP contribution in [0, 0.1) is 5.41 Å². The van der Waals surface area contributed by atoms with E-state index < -0.39 is 0 Å². The Labute approximate surface area is 156 Å². The molecule has 2 N–H and O–H groups in total. The molecule has 6 nitrogen and oxygen atoms in total. The first-order valence-corrected chi connectivity index (χ1v) is 8.98. The van der Waals surface area contributed by atoms with Gasteiger partial charge in [0.1, 0.15) is 12.0 Å². The molecular formula is C20H30N4O2. The summed E-state index contributed by atoms with van der Waals surface area (Å²) in [5.41, 5.74) is 1.80. The van der Waals surface area contributed by atoms with Gasteiger partial charge in [-0.1, -0.05) is 39.0 Å². The molecule has 0 aliphatic rings. The van der Waals surface area contributed by atoms with Crippen molar-refractivity contribution in [2.45, 2.75) is 40.3 Å². The van der Waals surface area contributed by atoms with Gasteiger partial charge in [-0.15, -0.1) is 0 Å². The average Bonchev–Trinajstić information content (AvgIpc) is 3.08.